The number of benzene rings is 1. The molecular formula is C13H17N3O. The summed E-state index contributed by atoms with van der Waals surface area (Å²) >= 11 is 0. The van der Waals surface area contributed by atoms with Crippen LogP contribution in [0.3, 0.4) is 0 Å². The molecule has 1 aromatic heterocycles. The molecule has 2 rings (SSSR count). The maximum Gasteiger partial charge on any atom is 0.144 e. The van der Waals surface area contributed by atoms with Gasteiger partial charge in [0.1, 0.15) is 11.6 Å². The lowest BCUT2D eigenvalue weighted by molar-refractivity contribution is 0.412. The standard InChI is InChI=1S/C13H17N3O/c1-8-9(2)16(10(3)15-8)12-6-5-11(14)7-13(12)17-4/h5-7H,14H2,1-4H3. The van der Waals surface area contributed by atoms with Gasteiger partial charge in [0.05, 0.1) is 18.5 Å². The number of nitrogens with two attached hydrogens (primary N) is 1. The lowest BCUT2D eigenvalue weighted by Gasteiger charge is -2.13. The van der Waals surface area contributed by atoms with Gasteiger partial charge in [0.25, 0.3) is 0 Å². The first-order valence-electron chi connectivity index (χ1n) is 5.51. The van der Waals surface area contributed by atoms with Gasteiger partial charge in [0.15, 0.2) is 0 Å². The highest BCUT2D eigenvalue weighted by atomic mass is 16.5. The van der Waals surface area contributed by atoms with E-state index < -0.39 is 0 Å². The molecule has 90 valence electrons. The molecule has 1 heterocycles. The second-order valence-electron chi connectivity index (χ2n) is 4.10. The second-order valence-corrected chi connectivity index (χ2v) is 4.10. The summed E-state index contributed by atoms with van der Waals surface area (Å²) in [6.45, 7) is 6.03. The maximum absolute atomic E-state index is 5.76. The predicted molar refractivity (Wildman–Crippen MR) is 68.7 cm³/mol. The molecule has 0 fully saturated rings. The summed E-state index contributed by atoms with van der Waals surface area (Å²) in [4.78, 5) is 4.46. The van der Waals surface area contributed by atoms with Crippen LogP contribution in [-0.4, -0.2) is 16.7 Å². The summed E-state index contributed by atoms with van der Waals surface area (Å²) in [6.07, 6.45) is 0. The van der Waals surface area contributed by atoms with E-state index in [2.05, 4.69) is 9.55 Å². The molecule has 0 saturated heterocycles. The van der Waals surface area contributed by atoms with Crippen LogP contribution >= 0.6 is 0 Å². The van der Waals surface area contributed by atoms with Gasteiger partial charge in [-0.25, -0.2) is 4.98 Å². The highest BCUT2D eigenvalue weighted by Crippen LogP contribution is 2.28. The summed E-state index contributed by atoms with van der Waals surface area (Å²) in [6, 6.07) is 5.64. The summed E-state index contributed by atoms with van der Waals surface area (Å²) < 4.78 is 7.45. The zero-order valence-corrected chi connectivity index (χ0v) is 10.6. The van der Waals surface area contributed by atoms with Gasteiger partial charge in [0.2, 0.25) is 0 Å². The van der Waals surface area contributed by atoms with E-state index in [-0.39, 0.29) is 0 Å². The molecule has 0 aliphatic carbocycles. The molecule has 2 N–H and O–H groups in total. The number of ether oxygens (including phenoxy) is 1. The number of anilines is 1. The Labute approximate surface area is 101 Å². The van der Waals surface area contributed by atoms with Gasteiger partial charge in [-0.1, -0.05) is 0 Å². The predicted octanol–water partition coefficient (Wildman–Crippen LogP) is 2.39. The van der Waals surface area contributed by atoms with Crippen LogP contribution in [0.1, 0.15) is 17.2 Å². The van der Waals surface area contributed by atoms with Gasteiger partial charge in [0, 0.05) is 17.4 Å². The Kier molecular flexibility index (Phi) is 2.79. The smallest absolute Gasteiger partial charge is 0.144 e. The van der Waals surface area contributed by atoms with E-state index in [1.165, 1.54) is 0 Å². The van der Waals surface area contributed by atoms with Gasteiger partial charge in [-0.15, -0.1) is 0 Å². The summed E-state index contributed by atoms with van der Waals surface area (Å²) in [5, 5.41) is 0. The highest BCUT2D eigenvalue weighted by molar-refractivity contribution is 5.57. The van der Waals surface area contributed by atoms with Crippen LogP contribution in [0.15, 0.2) is 18.2 Å². The third-order valence-electron chi connectivity index (χ3n) is 2.96. The summed E-state index contributed by atoms with van der Waals surface area (Å²) in [7, 11) is 1.65. The van der Waals surface area contributed by atoms with Crippen LogP contribution in [0.5, 0.6) is 5.75 Å². The molecule has 0 aliphatic heterocycles. The molecule has 0 spiro atoms. The Morgan fingerprint density at radius 2 is 1.94 bits per heavy atom. The Balaban J connectivity index is 2.68. The van der Waals surface area contributed by atoms with Crippen molar-refractivity contribution in [3.8, 4) is 11.4 Å². The van der Waals surface area contributed by atoms with Crippen LogP contribution in [0.25, 0.3) is 5.69 Å². The molecule has 4 heteroatoms. The Hall–Kier alpha value is -1.97. The highest BCUT2D eigenvalue weighted by Gasteiger charge is 2.13. The number of aromatic nitrogens is 2. The van der Waals surface area contributed by atoms with Gasteiger partial charge < -0.3 is 10.5 Å². The van der Waals surface area contributed by atoms with Crippen LogP contribution < -0.4 is 10.5 Å². The molecule has 1 aromatic carbocycles. The number of imidazole rings is 1. The van der Waals surface area contributed by atoms with Crippen molar-refractivity contribution >= 4 is 5.69 Å². The molecule has 0 aliphatic rings. The molecule has 0 radical (unpaired) electrons. The van der Waals surface area contributed by atoms with Gasteiger partial charge >= 0.3 is 0 Å². The quantitative estimate of drug-likeness (QED) is 0.807. The van der Waals surface area contributed by atoms with Crippen molar-refractivity contribution in [2.45, 2.75) is 20.8 Å². The van der Waals surface area contributed by atoms with E-state index in [1.807, 2.05) is 39.0 Å². The van der Waals surface area contributed by atoms with Gasteiger partial charge in [-0.3, -0.25) is 4.57 Å². The number of methoxy groups -OCH3 is 1. The molecule has 0 atom stereocenters. The monoisotopic (exact) mass is 231 g/mol. The molecule has 2 aromatic rings. The fourth-order valence-corrected chi connectivity index (χ4v) is 2.01. The van der Waals surface area contributed by atoms with E-state index in [9.17, 15) is 0 Å². The van der Waals surface area contributed by atoms with E-state index >= 15 is 0 Å². The first-order valence-corrected chi connectivity index (χ1v) is 5.51. The van der Waals surface area contributed by atoms with Crippen molar-refractivity contribution in [1.82, 2.24) is 9.55 Å². The molecular weight excluding hydrogens is 214 g/mol. The lowest BCUT2D eigenvalue weighted by Crippen LogP contribution is -2.03. The summed E-state index contributed by atoms with van der Waals surface area (Å²) in [5.74, 6) is 1.71. The van der Waals surface area contributed by atoms with E-state index in [0.717, 1.165) is 28.6 Å². The van der Waals surface area contributed by atoms with Gasteiger partial charge in [-0.05, 0) is 32.9 Å². The number of aryl methyl sites for hydroxylation is 2. The number of hydrogen-bond acceptors (Lipinski definition) is 3. The van der Waals surface area contributed by atoms with Gasteiger partial charge in [-0.2, -0.15) is 0 Å². The number of nitrogens with zero attached hydrogens (tertiary/aromatic N) is 2. The van der Waals surface area contributed by atoms with Crippen LogP contribution in [0.2, 0.25) is 0 Å². The zero-order valence-electron chi connectivity index (χ0n) is 10.6. The fraction of sp³-hybridized carbons (Fsp3) is 0.308. The Morgan fingerprint density at radius 3 is 2.47 bits per heavy atom. The van der Waals surface area contributed by atoms with Crippen molar-refractivity contribution in [2.24, 2.45) is 0 Å². The fourth-order valence-electron chi connectivity index (χ4n) is 2.01. The van der Waals surface area contributed by atoms with Crippen LogP contribution in [0, 0.1) is 20.8 Å². The first kappa shape index (κ1) is 11.5. The molecule has 17 heavy (non-hydrogen) atoms. The Morgan fingerprint density at radius 1 is 1.24 bits per heavy atom. The minimum Gasteiger partial charge on any atom is -0.494 e. The molecule has 0 bridgehead atoms. The third-order valence-corrected chi connectivity index (χ3v) is 2.96. The molecule has 0 unspecified atom stereocenters. The number of rotatable bonds is 2. The van der Waals surface area contributed by atoms with Crippen molar-refractivity contribution in [2.75, 3.05) is 12.8 Å². The lowest BCUT2D eigenvalue weighted by atomic mass is 10.2. The number of hydrogen-bond donors (Lipinski definition) is 1. The van der Waals surface area contributed by atoms with Crippen LogP contribution in [-0.2, 0) is 0 Å². The largest absolute Gasteiger partial charge is 0.494 e. The summed E-state index contributed by atoms with van der Waals surface area (Å²) in [5.41, 5.74) is 9.56. The zero-order chi connectivity index (χ0) is 12.6. The number of nitrogen functional groups attached to an aromatic ring is 1. The van der Waals surface area contributed by atoms with E-state index in [4.69, 9.17) is 10.5 Å². The average Bonchev–Trinajstić information content (AvgIpc) is 2.54. The molecule has 4 nitrogen and oxygen atoms in total. The third kappa shape index (κ3) is 1.86. The molecule has 0 amide bonds. The van der Waals surface area contributed by atoms with E-state index in [0.29, 0.717) is 5.69 Å². The topological polar surface area (TPSA) is 53.1 Å². The average molecular weight is 231 g/mol. The van der Waals surface area contributed by atoms with Crippen molar-refractivity contribution < 1.29 is 4.74 Å². The second kappa shape index (κ2) is 4.13. The SMILES string of the molecule is COc1cc(N)ccc1-n1c(C)nc(C)c1C. The van der Waals surface area contributed by atoms with Crippen LogP contribution in [0.4, 0.5) is 5.69 Å². The van der Waals surface area contributed by atoms with Crippen molar-refractivity contribution in [3.05, 3.63) is 35.4 Å². The maximum atomic E-state index is 5.76. The van der Waals surface area contributed by atoms with Crippen molar-refractivity contribution in [1.29, 1.82) is 0 Å². The normalized spacial score (nSPS) is 10.6. The van der Waals surface area contributed by atoms with E-state index in [1.54, 1.807) is 7.11 Å². The minimum absolute atomic E-state index is 0.692. The Bertz CT molecular complexity index is 558. The minimum atomic E-state index is 0.692. The molecule has 0 saturated carbocycles. The first-order chi connectivity index (χ1) is 8.04. The van der Waals surface area contributed by atoms with Crippen molar-refractivity contribution in [3.63, 3.8) is 0 Å².